The van der Waals surface area contributed by atoms with Gasteiger partial charge in [-0.25, -0.2) is 0 Å². The average Bonchev–Trinajstić information content (AvgIpc) is 2.21. The van der Waals surface area contributed by atoms with Crippen LogP contribution < -0.4 is 10.7 Å². The van der Waals surface area contributed by atoms with E-state index in [1.165, 1.54) is 0 Å². The molecule has 4 nitrogen and oxygen atoms in total. The van der Waals surface area contributed by atoms with Gasteiger partial charge in [-0.2, -0.15) is 8.42 Å². The van der Waals surface area contributed by atoms with Crippen molar-refractivity contribution in [2.45, 2.75) is 0 Å². The van der Waals surface area contributed by atoms with E-state index in [1.807, 2.05) is 0 Å². The molecule has 0 amide bonds. The van der Waals surface area contributed by atoms with Gasteiger partial charge in [0.15, 0.2) is 0 Å². The molecule has 1 heterocycles. The number of nitrogens with zero attached hydrogens (tertiary/aromatic N) is 2. The highest BCUT2D eigenvalue weighted by Crippen LogP contribution is 1.92. The lowest BCUT2D eigenvalue weighted by atomic mass is 10.3. The third-order valence-corrected chi connectivity index (χ3v) is 2.07. The average molecular weight is 167 g/mol. The molecule has 1 aromatic rings. The molecule has 0 aromatic heterocycles. The fourth-order valence-electron chi connectivity index (χ4n) is 0.826. The summed E-state index contributed by atoms with van der Waals surface area (Å²) in [5.41, 5.74) is 0. The Morgan fingerprint density at radius 2 is 2.18 bits per heavy atom. The van der Waals surface area contributed by atoms with Gasteiger partial charge in [-0.05, 0) is 6.07 Å². The van der Waals surface area contributed by atoms with E-state index < -0.39 is 10.2 Å². The SMILES string of the molecule is O=S1(=O)N=c2[c]cccc2=N1. The molecular weight excluding hydrogens is 164 g/mol. The minimum Gasteiger partial charge on any atom is -0.179 e. The van der Waals surface area contributed by atoms with Crippen LogP contribution >= 0.6 is 0 Å². The molecule has 0 saturated carbocycles. The summed E-state index contributed by atoms with van der Waals surface area (Å²) in [5.74, 6) is 0. The largest absolute Gasteiger partial charge is 0.364 e. The molecule has 0 spiro atoms. The van der Waals surface area contributed by atoms with E-state index in [0.717, 1.165) is 0 Å². The molecule has 55 valence electrons. The van der Waals surface area contributed by atoms with Crippen LogP contribution in [0.3, 0.4) is 0 Å². The topological polar surface area (TPSA) is 58.9 Å². The van der Waals surface area contributed by atoms with Crippen molar-refractivity contribution >= 4 is 10.2 Å². The van der Waals surface area contributed by atoms with E-state index in [9.17, 15) is 8.42 Å². The van der Waals surface area contributed by atoms with E-state index in [2.05, 4.69) is 14.9 Å². The smallest absolute Gasteiger partial charge is 0.179 e. The molecule has 1 aliphatic heterocycles. The number of benzene rings is 1. The van der Waals surface area contributed by atoms with E-state index in [-0.39, 0.29) is 0 Å². The summed E-state index contributed by atoms with van der Waals surface area (Å²) in [7, 11) is -3.59. The molecule has 0 atom stereocenters. The van der Waals surface area contributed by atoms with Gasteiger partial charge in [0.1, 0.15) is 10.7 Å². The zero-order valence-electron chi connectivity index (χ0n) is 5.35. The van der Waals surface area contributed by atoms with Crippen molar-refractivity contribution in [3.05, 3.63) is 35.0 Å². The highest BCUT2D eigenvalue weighted by molar-refractivity contribution is 7.88. The van der Waals surface area contributed by atoms with Crippen LogP contribution in [0.2, 0.25) is 0 Å². The van der Waals surface area contributed by atoms with Crippen molar-refractivity contribution in [3.63, 3.8) is 0 Å². The molecule has 5 heteroatoms. The summed E-state index contributed by atoms with van der Waals surface area (Å²) in [6, 6.07) is 7.51. The molecule has 2 rings (SSSR count). The minimum absolute atomic E-state index is 0.299. The number of hydrogen-bond acceptors (Lipinski definition) is 2. The van der Waals surface area contributed by atoms with Gasteiger partial charge in [0.25, 0.3) is 0 Å². The molecule has 1 aromatic carbocycles. The lowest BCUT2D eigenvalue weighted by molar-refractivity contribution is 0.599. The normalized spacial score (nSPS) is 18.2. The Hall–Kier alpha value is -1.23. The first kappa shape index (κ1) is 6.48. The summed E-state index contributed by atoms with van der Waals surface area (Å²) in [6.45, 7) is 0. The van der Waals surface area contributed by atoms with Gasteiger partial charge in [-0.15, -0.1) is 8.80 Å². The number of hydrogen-bond donors (Lipinski definition) is 0. The molecule has 0 N–H and O–H groups in total. The maximum atomic E-state index is 10.7. The summed E-state index contributed by atoms with van der Waals surface area (Å²) in [4.78, 5) is 0. The van der Waals surface area contributed by atoms with Crippen LogP contribution in [0.4, 0.5) is 0 Å². The van der Waals surface area contributed by atoms with Crippen molar-refractivity contribution in [2.24, 2.45) is 8.80 Å². The van der Waals surface area contributed by atoms with Crippen molar-refractivity contribution < 1.29 is 8.42 Å². The Labute approximate surface area is 63.1 Å². The predicted molar refractivity (Wildman–Crippen MR) is 36.5 cm³/mol. The van der Waals surface area contributed by atoms with Crippen molar-refractivity contribution in [1.29, 1.82) is 0 Å². The van der Waals surface area contributed by atoms with E-state index in [4.69, 9.17) is 0 Å². The van der Waals surface area contributed by atoms with E-state index in [1.54, 1.807) is 18.2 Å². The molecule has 1 radical (unpaired) electrons. The third kappa shape index (κ3) is 1.03. The first-order valence-electron chi connectivity index (χ1n) is 2.89. The molecule has 0 aliphatic carbocycles. The summed E-state index contributed by atoms with van der Waals surface area (Å²) < 4.78 is 28.2. The summed E-state index contributed by atoms with van der Waals surface area (Å²) >= 11 is 0. The Morgan fingerprint density at radius 1 is 1.36 bits per heavy atom. The molecule has 0 fully saturated rings. The van der Waals surface area contributed by atoms with Gasteiger partial charge in [-0.3, -0.25) is 0 Å². The van der Waals surface area contributed by atoms with Crippen LogP contribution in [0.1, 0.15) is 0 Å². The lowest BCUT2D eigenvalue weighted by Gasteiger charge is -1.74. The Kier molecular flexibility index (Phi) is 1.11. The minimum atomic E-state index is -3.59. The standard InChI is InChI=1S/C6H3N2O2S/c9-11(10)7-5-3-1-2-4-6(5)8-11/h1-3H. The second kappa shape index (κ2) is 1.88. The number of fused-ring (bicyclic) bond motifs is 1. The van der Waals surface area contributed by atoms with E-state index >= 15 is 0 Å². The maximum Gasteiger partial charge on any atom is 0.364 e. The zero-order valence-corrected chi connectivity index (χ0v) is 6.17. The second-order valence-electron chi connectivity index (χ2n) is 2.03. The highest BCUT2D eigenvalue weighted by atomic mass is 32.2. The molecule has 0 saturated heterocycles. The van der Waals surface area contributed by atoms with Gasteiger partial charge in [0.05, 0.1) is 0 Å². The van der Waals surface area contributed by atoms with Gasteiger partial charge in [0.2, 0.25) is 0 Å². The second-order valence-corrected chi connectivity index (χ2v) is 3.30. The number of rotatable bonds is 0. The first-order chi connectivity index (χ1) is 5.17. The molecule has 1 aliphatic rings. The van der Waals surface area contributed by atoms with Crippen LogP contribution in [0.15, 0.2) is 27.0 Å². The quantitative estimate of drug-likeness (QED) is 0.496. The summed E-state index contributed by atoms with van der Waals surface area (Å²) in [6.07, 6.45) is 0. The lowest BCUT2D eigenvalue weighted by Crippen LogP contribution is -2.20. The highest BCUT2D eigenvalue weighted by Gasteiger charge is 2.09. The fraction of sp³-hybridized carbons (Fsp3) is 0. The van der Waals surface area contributed by atoms with Gasteiger partial charge >= 0.3 is 10.2 Å². The molecule has 0 unspecified atom stereocenters. The maximum absolute atomic E-state index is 10.7. The van der Waals surface area contributed by atoms with Crippen molar-refractivity contribution in [3.8, 4) is 0 Å². The van der Waals surface area contributed by atoms with Crippen LogP contribution in [-0.2, 0) is 10.2 Å². The molecule has 11 heavy (non-hydrogen) atoms. The van der Waals surface area contributed by atoms with Crippen LogP contribution in [-0.4, -0.2) is 8.42 Å². The Bertz CT molecular complexity index is 463. The van der Waals surface area contributed by atoms with E-state index in [0.29, 0.717) is 10.7 Å². The van der Waals surface area contributed by atoms with Gasteiger partial charge in [-0.1, -0.05) is 12.1 Å². The van der Waals surface area contributed by atoms with Gasteiger partial charge < -0.3 is 0 Å². The molecule has 0 bridgehead atoms. The zero-order chi connectivity index (χ0) is 7.90. The Morgan fingerprint density at radius 3 is 2.91 bits per heavy atom. The van der Waals surface area contributed by atoms with Crippen LogP contribution in [0.5, 0.6) is 0 Å². The van der Waals surface area contributed by atoms with Crippen LogP contribution in [0.25, 0.3) is 0 Å². The van der Waals surface area contributed by atoms with Crippen molar-refractivity contribution in [2.75, 3.05) is 0 Å². The fourth-order valence-corrected chi connectivity index (χ4v) is 1.64. The Balaban J connectivity index is 3.03. The summed E-state index contributed by atoms with van der Waals surface area (Å²) in [5, 5.41) is 0.667. The first-order valence-corrected chi connectivity index (χ1v) is 4.29. The third-order valence-electron chi connectivity index (χ3n) is 1.23. The van der Waals surface area contributed by atoms with Crippen molar-refractivity contribution in [1.82, 2.24) is 0 Å². The molecular formula is C6H3N2O2S. The van der Waals surface area contributed by atoms with Crippen LogP contribution in [0, 0.1) is 6.07 Å². The predicted octanol–water partition coefficient (Wildman–Crippen LogP) is -1.02. The monoisotopic (exact) mass is 167 g/mol. The van der Waals surface area contributed by atoms with Gasteiger partial charge in [0, 0.05) is 6.07 Å².